The van der Waals surface area contributed by atoms with Crippen molar-refractivity contribution in [2.24, 2.45) is 0 Å². The minimum atomic E-state index is -0.233. The number of benzene rings is 1. The number of nitrogens with one attached hydrogen (secondary N) is 1. The number of carbonyl (C=O) groups is 1. The second-order valence-corrected chi connectivity index (χ2v) is 7.31. The molecule has 0 saturated carbocycles. The SMILES string of the molecule is CC1(C)Cc2cccc(OCC(=O)N3CC(Nc4ccncn4)C3)c2O1. The molecule has 1 fully saturated rings. The number of ether oxygens (including phenoxy) is 2. The first-order chi connectivity index (χ1) is 12.5. The van der Waals surface area contributed by atoms with Gasteiger partial charge in [0.05, 0.1) is 6.04 Å². The van der Waals surface area contributed by atoms with Crippen LogP contribution in [0, 0.1) is 0 Å². The Morgan fingerprint density at radius 3 is 3.00 bits per heavy atom. The van der Waals surface area contributed by atoms with Crippen molar-refractivity contribution in [3.8, 4) is 11.5 Å². The van der Waals surface area contributed by atoms with Crippen LogP contribution in [0.2, 0.25) is 0 Å². The Hall–Kier alpha value is -2.83. The van der Waals surface area contributed by atoms with Crippen molar-refractivity contribution in [2.45, 2.75) is 31.9 Å². The van der Waals surface area contributed by atoms with Crippen LogP contribution in [0.4, 0.5) is 5.82 Å². The summed E-state index contributed by atoms with van der Waals surface area (Å²) in [6.07, 6.45) is 4.03. The van der Waals surface area contributed by atoms with Crippen molar-refractivity contribution < 1.29 is 14.3 Å². The molecule has 1 amide bonds. The number of hydrogen-bond donors (Lipinski definition) is 1. The highest BCUT2D eigenvalue weighted by molar-refractivity contribution is 5.79. The lowest BCUT2D eigenvalue weighted by molar-refractivity contribution is -0.137. The fraction of sp³-hybridized carbons (Fsp3) is 0.421. The molecule has 0 atom stereocenters. The molecule has 0 radical (unpaired) electrons. The molecular formula is C19H22N4O3. The molecule has 2 aliphatic heterocycles. The number of rotatable bonds is 5. The van der Waals surface area contributed by atoms with E-state index >= 15 is 0 Å². The fourth-order valence-corrected chi connectivity index (χ4v) is 3.29. The van der Waals surface area contributed by atoms with Crippen molar-refractivity contribution in [2.75, 3.05) is 25.0 Å². The standard InChI is InChI=1S/C19H22N4O3/c1-19(2)8-13-4-3-5-15(18(13)26-19)25-11-17(24)23-9-14(10-23)22-16-6-7-20-12-21-16/h3-7,12,14H,8-11H2,1-2H3,(H,20,21,22). The van der Waals surface area contributed by atoms with Crippen LogP contribution in [0.25, 0.3) is 0 Å². The van der Waals surface area contributed by atoms with E-state index in [4.69, 9.17) is 9.47 Å². The van der Waals surface area contributed by atoms with Crippen molar-refractivity contribution in [1.29, 1.82) is 0 Å². The topological polar surface area (TPSA) is 76.6 Å². The molecule has 0 spiro atoms. The van der Waals surface area contributed by atoms with Gasteiger partial charge < -0.3 is 19.7 Å². The lowest BCUT2D eigenvalue weighted by atomic mass is 10.0. The summed E-state index contributed by atoms with van der Waals surface area (Å²) in [5.74, 6) is 2.14. The summed E-state index contributed by atoms with van der Waals surface area (Å²) in [4.78, 5) is 22.1. The van der Waals surface area contributed by atoms with Gasteiger partial charge in [-0.3, -0.25) is 4.79 Å². The van der Waals surface area contributed by atoms with Crippen molar-refractivity contribution in [1.82, 2.24) is 14.9 Å². The molecule has 3 heterocycles. The first kappa shape index (κ1) is 16.6. The van der Waals surface area contributed by atoms with E-state index in [1.54, 1.807) is 11.1 Å². The summed E-state index contributed by atoms with van der Waals surface area (Å²) in [7, 11) is 0. The van der Waals surface area contributed by atoms with Gasteiger partial charge in [0.1, 0.15) is 17.7 Å². The Bertz CT molecular complexity index is 804. The molecule has 1 aromatic carbocycles. The van der Waals surface area contributed by atoms with Gasteiger partial charge in [-0.1, -0.05) is 12.1 Å². The largest absolute Gasteiger partial charge is 0.483 e. The average molecular weight is 354 g/mol. The van der Waals surface area contributed by atoms with Gasteiger partial charge in [-0.2, -0.15) is 0 Å². The maximum atomic E-state index is 12.3. The van der Waals surface area contributed by atoms with Gasteiger partial charge in [-0.25, -0.2) is 9.97 Å². The molecule has 7 nitrogen and oxygen atoms in total. The van der Waals surface area contributed by atoms with E-state index in [0.29, 0.717) is 18.8 Å². The lowest BCUT2D eigenvalue weighted by Crippen LogP contribution is -2.58. The number of fused-ring (bicyclic) bond motifs is 1. The van der Waals surface area contributed by atoms with Gasteiger partial charge in [0.25, 0.3) is 5.91 Å². The highest BCUT2D eigenvalue weighted by Crippen LogP contribution is 2.41. The number of amides is 1. The zero-order valence-corrected chi connectivity index (χ0v) is 14.9. The van der Waals surface area contributed by atoms with Gasteiger partial charge in [0, 0.05) is 31.3 Å². The van der Waals surface area contributed by atoms with Gasteiger partial charge >= 0.3 is 0 Å². The second kappa shape index (κ2) is 6.48. The van der Waals surface area contributed by atoms with Crippen molar-refractivity contribution in [3.63, 3.8) is 0 Å². The third-order valence-corrected chi connectivity index (χ3v) is 4.57. The van der Waals surface area contributed by atoms with Crippen LogP contribution < -0.4 is 14.8 Å². The van der Waals surface area contributed by atoms with Crippen LogP contribution >= 0.6 is 0 Å². The van der Waals surface area contributed by atoms with Gasteiger partial charge in [0.2, 0.25) is 0 Å². The molecule has 2 aliphatic rings. The maximum absolute atomic E-state index is 12.3. The van der Waals surface area contributed by atoms with E-state index < -0.39 is 0 Å². The molecule has 0 aliphatic carbocycles. The molecule has 4 rings (SSSR count). The Kier molecular flexibility index (Phi) is 4.14. The monoisotopic (exact) mass is 354 g/mol. The smallest absolute Gasteiger partial charge is 0.260 e. The summed E-state index contributed by atoms with van der Waals surface area (Å²) in [5.41, 5.74) is 0.890. The molecule has 0 unspecified atom stereocenters. The van der Waals surface area contributed by atoms with Crippen LogP contribution in [0.15, 0.2) is 36.8 Å². The number of aromatic nitrogens is 2. The molecule has 136 valence electrons. The molecule has 1 N–H and O–H groups in total. The summed E-state index contributed by atoms with van der Waals surface area (Å²) < 4.78 is 11.7. The normalized spacial score (nSPS) is 17.8. The van der Waals surface area contributed by atoms with Crippen LogP contribution in [-0.2, 0) is 11.2 Å². The predicted octanol–water partition coefficient (Wildman–Crippen LogP) is 1.89. The first-order valence-electron chi connectivity index (χ1n) is 8.74. The minimum absolute atomic E-state index is 0.0144. The van der Waals surface area contributed by atoms with Gasteiger partial charge in [0.15, 0.2) is 18.1 Å². The molecule has 2 aromatic rings. The third-order valence-electron chi connectivity index (χ3n) is 4.57. The maximum Gasteiger partial charge on any atom is 0.260 e. The highest BCUT2D eigenvalue weighted by atomic mass is 16.5. The number of anilines is 1. The Morgan fingerprint density at radius 2 is 2.23 bits per heavy atom. The molecule has 26 heavy (non-hydrogen) atoms. The van der Waals surface area contributed by atoms with E-state index in [1.165, 1.54) is 6.33 Å². The molecule has 0 bridgehead atoms. The lowest BCUT2D eigenvalue weighted by Gasteiger charge is -2.39. The second-order valence-electron chi connectivity index (χ2n) is 7.31. The predicted molar refractivity (Wildman–Crippen MR) is 96.4 cm³/mol. The summed E-state index contributed by atoms with van der Waals surface area (Å²) in [6.45, 7) is 5.39. The molecule has 7 heteroatoms. The number of carbonyl (C=O) groups excluding carboxylic acids is 1. The van der Waals surface area contributed by atoms with Crippen LogP contribution in [0.3, 0.4) is 0 Å². The van der Waals surface area contributed by atoms with E-state index in [9.17, 15) is 4.79 Å². The van der Waals surface area contributed by atoms with Crippen molar-refractivity contribution in [3.05, 3.63) is 42.4 Å². The van der Waals surface area contributed by atoms with E-state index in [0.717, 1.165) is 23.6 Å². The summed E-state index contributed by atoms with van der Waals surface area (Å²) in [5, 5.41) is 3.27. The zero-order valence-electron chi connectivity index (χ0n) is 14.9. The van der Waals surface area contributed by atoms with E-state index in [1.807, 2.05) is 38.1 Å². The van der Waals surface area contributed by atoms with Gasteiger partial charge in [-0.05, 0) is 26.0 Å². The number of hydrogen-bond acceptors (Lipinski definition) is 6. The average Bonchev–Trinajstić information content (AvgIpc) is 2.91. The summed E-state index contributed by atoms with van der Waals surface area (Å²) >= 11 is 0. The minimum Gasteiger partial charge on any atom is -0.483 e. The fourth-order valence-electron chi connectivity index (χ4n) is 3.29. The third kappa shape index (κ3) is 3.42. The number of nitrogens with zero attached hydrogens (tertiary/aromatic N) is 3. The van der Waals surface area contributed by atoms with E-state index in [-0.39, 0.29) is 24.2 Å². The molecule has 1 saturated heterocycles. The van der Waals surface area contributed by atoms with Crippen LogP contribution in [-0.4, -0.2) is 52.1 Å². The Morgan fingerprint density at radius 1 is 1.38 bits per heavy atom. The quantitative estimate of drug-likeness (QED) is 0.884. The number of likely N-dealkylation sites (tertiary alicyclic amines) is 1. The first-order valence-corrected chi connectivity index (χ1v) is 8.74. The Labute approximate surface area is 152 Å². The van der Waals surface area contributed by atoms with Crippen LogP contribution in [0.5, 0.6) is 11.5 Å². The van der Waals surface area contributed by atoms with Gasteiger partial charge in [-0.15, -0.1) is 0 Å². The highest BCUT2D eigenvalue weighted by Gasteiger charge is 2.33. The molecule has 1 aromatic heterocycles. The van der Waals surface area contributed by atoms with Crippen LogP contribution in [0.1, 0.15) is 19.4 Å². The van der Waals surface area contributed by atoms with E-state index in [2.05, 4.69) is 15.3 Å². The molecular weight excluding hydrogens is 332 g/mol. The Balaban J connectivity index is 1.28. The number of para-hydroxylation sites is 1. The summed E-state index contributed by atoms with van der Waals surface area (Å²) in [6, 6.07) is 7.85. The zero-order chi connectivity index (χ0) is 18.1. The van der Waals surface area contributed by atoms with Crippen molar-refractivity contribution >= 4 is 11.7 Å².